The van der Waals surface area contributed by atoms with Gasteiger partial charge in [0.1, 0.15) is 0 Å². The molecular weight excluding hydrogens is 248 g/mol. The lowest BCUT2D eigenvalue weighted by atomic mass is 9.85. The smallest absolute Gasteiger partial charge is 0.223 e. The lowest BCUT2D eigenvalue weighted by Gasteiger charge is -2.33. The molecule has 3 rings (SSSR count). The average Bonchev–Trinajstić information content (AvgIpc) is 3.31. The van der Waals surface area contributed by atoms with Gasteiger partial charge >= 0.3 is 0 Å². The van der Waals surface area contributed by atoms with Crippen molar-refractivity contribution in [1.29, 1.82) is 0 Å². The van der Waals surface area contributed by atoms with E-state index < -0.39 is 0 Å². The van der Waals surface area contributed by atoms with E-state index in [0.29, 0.717) is 29.8 Å². The molecule has 0 bridgehead atoms. The molecule has 0 aromatic heterocycles. The number of amides is 1. The minimum atomic E-state index is 0.435. The summed E-state index contributed by atoms with van der Waals surface area (Å²) in [6.07, 6.45) is 8.47. The van der Waals surface area contributed by atoms with Crippen LogP contribution in [0, 0.1) is 17.8 Å². The van der Waals surface area contributed by atoms with Gasteiger partial charge < -0.3 is 10.2 Å². The van der Waals surface area contributed by atoms with Gasteiger partial charge in [-0.25, -0.2) is 0 Å². The third kappa shape index (κ3) is 3.36. The highest BCUT2D eigenvalue weighted by Crippen LogP contribution is 2.40. The highest BCUT2D eigenvalue weighted by Gasteiger charge is 2.41. The molecule has 1 heterocycles. The summed E-state index contributed by atoms with van der Waals surface area (Å²) in [6.45, 7) is 6.82. The minimum Gasteiger partial charge on any atom is -0.337 e. The van der Waals surface area contributed by atoms with Crippen LogP contribution in [0.3, 0.4) is 0 Å². The zero-order chi connectivity index (χ0) is 14.1. The lowest BCUT2D eigenvalue weighted by Crippen LogP contribution is -2.43. The molecule has 3 fully saturated rings. The first-order valence-electron chi connectivity index (χ1n) is 8.68. The van der Waals surface area contributed by atoms with E-state index in [4.69, 9.17) is 0 Å². The maximum Gasteiger partial charge on any atom is 0.223 e. The molecule has 1 aliphatic heterocycles. The summed E-state index contributed by atoms with van der Waals surface area (Å²) < 4.78 is 0. The summed E-state index contributed by atoms with van der Waals surface area (Å²) in [7, 11) is 0. The summed E-state index contributed by atoms with van der Waals surface area (Å²) >= 11 is 0. The van der Waals surface area contributed by atoms with Crippen LogP contribution in [0.4, 0.5) is 0 Å². The fourth-order valence-electron chi connectivity index (χ4n) is 3.83. The summed E-state index contributed by atoms with van der Waals surface area (Å²) in [5, 5.41) is 3.48. The van der Waals surface area contributed by atoms with Crippen molar-refractivity contribution >= 4 is 5.91 Å². The Morgan fingerprint density at radius 3 is 2.45 bits per heavy atom. The van der Waals surface area contributed by atoms with Gasteiger partial charge in [0, 0.05) is 18.5 Å². The molecule has 1 N–H and O–H groups in total. The van der Waals surface area contributed by atoms with Gasteiger partial charge in [-0.3, -0.25) is 4.79 Å². The largest absolute Gasteiger partial charge is 0.337 e. The van der Waals surface area contributed by atoms with Crippen LogP contribution in [0.5, 0.6) is 0 Å². The Hall–Kier alpha value is -0.570. The van der Waals surface area contributed by atoms with Crippen LogP contribution in [0.1, 0.15) is 58.8 Å². The van der Waals surface area contributed by atoms with Crippen LogP contribution < -0.4 is 5.32 Å². The second kappa shape index (κ2) is 6.05. The number of carbonyl (C=O) groups excluding carboxylic acids is 1. The molecule has 3 aliphatic rings. The molecule has 0 radical (unpaired) electrons. The van der Waals surface area contributed by atoms with Crippen LogP contribution in [0.15, 0.2) is 0 Å². The predicted octanol–water partition coefficient (Wildman–Crippen LogP) is 2.80. The molecule has 0 spiro atoms. The molecule has 3 unspecified atom stereocenters. The number of carbonyl (C=O) groups is 1. The van der Waals surface area contributed by atoms with Crippen molar-refractivity contribution in [2.24, 2.45) is 17.8 Å². The van der Waals surface area contributed by atoms with E-state index in [2.05, 4.69) is 24.1 Å². The van der Waals surface area contributed by atoms with Crippen molar-refractivity contribution in [3.8, 4) is 0 Å². The summed E-state index contributed by atoms with van der Waals surface area (Å²) in [5.74, 6) is 2.46. The monoisotopic (exact) mass is 278 g/mol. The van der Waals surface area contributed by atoms with Crippen molar-refractivity contribution in [3.63, 3.8) is 0 Å². The molecule has 3 nitrogen and oxygen atoms in total. The third-order valence-electron chi connectivity index (χ3n) is 5.61. The van der Waals surface area contributed by atoms with Gasteiger partial charge in [-0.1, -0.05) is 6.92 Å². The van der Waals surface area contributed by atoms with Gasteiger partial charge in [0.05, 0.1) is 0 Å². The molecule has 0 aromatic carbocycles. The Morgan fingerprint density at radius 1 is 1.15 bits per heavy atom. The lowest BCUT2D eigenvalue weighted by molar-refractivity contribution is -0.135. The van der Waals surface area contributed by atoms with E-state index in [9.17, 15) is 4.79 Å². The quantitative estimate of drug-likeness (QED) is 0.810. The highest BCUT2D eigenvalue weighted by molar-refractivity contribution is 5.77. The number of rotatable bonds is 6. The van der Waals surface area contributed by atoms with E-state index in [1.807, 2.05) is 0 Å². The first-order valence-corrected chi connectivity index (χ1v) is 8.68. The third-order valence-corrected chi connectivity index (χ3v) is 5.61. The summed E-state index contributed by atoms with van der Waals surface area (Å²) in [6, 6.07) is 1.07. The van der Waals surface area contributed by atoms with E-state index in [1.165, 1.54) is 38.5 Å². The van der Waals surface area contributed by atoms with E-state index in [1.54, 1.807) is 0 Å². The Labute approximate surface area is 123 Å². The van der Waals surface area contributed by atoms with Crippen molar-refractivity contribution < 1.29 is 4.79 Å². The molecule has 3 atom stereocenters. The van der Waals surface area contributed by atoms with Gasteiger partial charge in [-0.2, -0.15) is 0 Å². The van der Waals surface area contributed by atoms with Crippen molar-refractivity contribution in [2.45, 2.75) is 70.9 Å². The maximum absolute atomic E-state index is 12.8. The zero-order valence-corrected chi connectivity index (χ0v) is 13.1. The first-order chi connectivity index (χ1) is 9.66. The molecule has 20 heavy (non-hydrogen) atoms. The van der Waals surface area contributed by atoms with Crippen molar-refractivity contribution in [1.82, 2.24) is 10.2 Å². The number of hydrogen-bond acceptors (Lipinski definition) is 2. The molecule has 3 heteroatoms. The fourth-order valence-corrected chi connectivity index (χ4v) is 3.83. The molecule has 114 valence electrons. The van der Waals surface area contributed by atoms with Gasteiger partial charge in [-0.05, 0) is 76.3 Å². The molecule has 0 aromatic rings. The normalized spacial score (nSPS) is 29.8. The van der Waals surface area contributed by atoms with E-state index >= 15 is 0 Å². The molecule has 1 saturated heterocycles. The standard InChI is InChI=1S/C17H30N2O/c1-12(15-4-3-9-18-11-15)10-17(20)19(16-7-8-16)13(2)14-5-6-14/h12-16,18H,3-11H2,1-2H3. The Kier molecular flexibility index (Phi) is 4.34. The number of nitrogens with one attached hydrogen (secondary N) is 1. The number of hydrogen-bond donors (Lipinski definition) is 1. The van der Waals surface area contributed by atoms with E-state index in [0.717, 1.165) is 25.4 Å². The van der Waals surface area contributed by atoms with Crippen LogP contribution in [-0.4, -0.2) is 36.0 Å². The molecule has 2 aliphatic carbocycles. The Balaban J connectivity index is 1.55. The zero-order valence-electron chi connectivity index (χ0n) is 13.1. The number of piperidine rings is 1. The second-order valence-corrected chi connectivity index (χ2v) is 7.40. The predicted molar refractivity (Wildman–Crippen MR) is 81.4 cm³/mol. The van der Waals surface area contributed by atoms with Crippen molar-refractivity contribution in [2.75, 3.05) is 13.1 Å². The van der Waals surface area contributed by atoms with Crippen LogP contribution >= 0.6 is 0 Å². The average molecular weight is 278 g/mol. The maximum atomic E-state index is 12.8. The minimum absolute atomic E-state index is 0.435. The highest BCUT2D eigenvalue weighted by atomic mass is 16.2. The molecule has 1 amide bonds. The molecular formula is C17H30N2O. The van der Waals surface area contributed by atoms with Crippen LogP contribution in [0.2, 0.25) is 0 Å². The Morgan fingerprint density at radius 2 is 1.90 bits per heavy atom. The topological polar surface area (TPSA) is 32.3 Å². The first kappa shape index (κ1) is 14.4. The van der Waals surface area contributed by atoms with Crippen molar-refractivity contribution in [3.05, 3.63) is 0 Å². The fraction of sp³-hybridized carbons (Fsp3) is 0.941. The van der Waals surface area contributed by atoms with Crippen LogP contribution in [0.25, 0.3) is 0 Å². The van der Waals surface area contributed by atoms with Gasteiger partial charge in [-0.15, -0.1) is 0 Å². The van der Waals surface area contributed by atoms with Crippen LogP contribution in [-0.2, 0) is 4.79 Å². The molecule has 2 saturated carbocycles. The van der Waals surface area contributed by atoms with Gasteiger partial charge in [0.2, 0.25) is 5.91 Å². The summed E-state index contributed by atoms with van der Waals surface area (Å²) in [4.78, 5) is 15.0. The Bertz CT molecular complexity index is 343. The summed E-state index contributed by atoms with van der Waals surface area (Å²) in [5.41, 5.74) is 0. The van der Waals surface area contributed by atoms with E-state index in [-0.39, 0.29) is 0 Å². The van der Waals surface area contributed by atoms with Gasteiger partial charge in [0.15, 0.2) is 0 Å². The van der Waals surface area contributed by atoms with Gasteiger partial charge in [0.25, 0.3) is 0 Å². The number of nitrogens with zero attached hydrogens (tertiary/aromatic N) is 1. The SMILES string of the molecule is CC(CC(=O)N(C1CC1)C(C)C1CC1)C1CCCNC1. The second-order valence-electron chi connectivity index (χ2n) is 7.40.